The predicted octanol–water partition coefficient (Wildman–Crippen LogP) is 3.57. The standard InChI is InChI=1S/C18H22BrN3O2/c19-15-6-7-16(21-8-9-22-10-12-23-13-11-22)17(20)18(15)24-14-4-2-1-3-5-14/h1-7,21H,8-13,20H2. The van der Waals surface area contributed by atoms with E-state index in [1.54, 1.807) is 0 Å². The van der Waals surface area contributed by atoms with E-state index in [1.165, 1.54) is 0 Å². The van der Waals surface area contributed by atoms with Crippen LogP contribution >= 0.6 is 15.9 Å². The monoisotopic (exact) mass is 391 g/mol. The van der Waals surface area contributed by atoms with Crippen molar-refractivity contribution < 1.29 is 9.47 Å². The Bertz CT molecular complexity index is 661. The first-order valence-electron chi connectivity index (χ1n) is 8.09. The first-order valence-corrected chi connectivity index (χ1v) is 8.88. The molecule has 6 heteroatoms. The molecule has 0 spiro atoms. The van der Waals surface area contributed by atoms with Gasteiger partial charge in [0, 0.05) is 26.2 Å². The Morgan fingerprint density at radius 2 is 1.88 bits per heavy atom. The lowest BCUT2D eigenvalue weighted by Crippen LogP contribution is -2.39. The average Bonchev–Trinajstić information content (AvgIpc) is 2.62. The summed E-state index contributed by atoms with van der Waals surface area (Å²) in [6.45, 7) is 5.40. The average molecular weight is 392 g/mol. The second-order valence-electron chi connectivity index (χ2n) is 5.63. The first-order chi connectivity index (χ1) is 11.7. The van der Waals surface area contributed by atoms with E-state index in [9.17, 15) is 0 Å². The number of hydrogen-bond donors (Lipinski definition) is 2. The molecule has 24 heavy (non-hydrogen) atoms. The van der Waals surface area contributed by atoms with E-state index >= 15 is 0 Å². The van der Waals surface area contributed by atoms with Crippen molar-refractivity contribution in [2.75, 3.05) is 50.4 Å². The fourth-order valence-electron chi connectivity index (χ4n) is 2.61. The van der Waals surface area contributed by atoms with Crippen LogP contribution < -0.4 is 15.8 Å². The maximum Gasteiger partial charge on any atom is 0.166 e. The topological polar surface area (TPSA) is 59.8 Å². The highest BCUT2D eigenvalue weighted by atomic mass is 79.9. The number of nitrogen functional groups attached to an aromatic ring is 1. The molecule has 1 heterocycles. The van der Waals surface area contributed by atoms with Crippen molar-refractivity contribution in [2.24, 2.45) is 0 Å². The summed E-state index contributed by atoms with van der Waals surface area (Å²) in [5.41, 5.74) is 7.79. The molecule has 1 aliphatic heterocycles. The number of nitrogens with two attached hydrogens (primary N) is 1. The third-order valence-electron chi connectivity index (χ3n) is 3.96. The zero-order chi connectivity index (χ0) is 16.8. The molecule has 0 atom stereocenters. The number of halogens is 1. The maximum atomic E-state index is 6.30. The SMILES string of the molecule is Nc1c(NCCN2CCOCC2)ccc(Br)c1Oc1ccccc1. The van der Waals surface area contributed by atoms with Gasteiger partial charge in [-0.3, -0.25) is 4.90 Å². The summed E-state index contributed by atoms with van der Waals surface area (Å²) < 4.78 is 12.1. The molecule has 0 saturated carbocycles. The molecule has 1 saturated heterocycles. The maximum absolute atomic E-state index is 6.30. The van der Waals surface area contributed by atoms with Crippen molar-refractivity contribution in [3.63, 3.8) is 0 Å². The molecule has 3 rings (SSSR count). The van der Waals surface area contributed by atoms with Gasteiger partial charge in [0.1, 0.15) is 5.75 Å². The molecule has 5 nitrogen and oxygen atoms in total. The third-order valence-corrected chi connectivity index (χ3v) is 4.58. The minimum absolute atomic E-state index is 0.607. The van der Waals surface area contributed by atoms with Crippen molar-refractivity contribution in [2.45, 2.75) is 0 Å². The fraction of sp³-hybridized carbons (Fsp3) is 0.333. The van der Waals surface area contributed by atoms with E-state index in [-0.39, 0.29) is 0 Å². The zero-order valence-corrected chi connectivity index (χ0v) is 15.1. The molecule has 0 radical (unpaired) electrons. The van der Waals surface area contributed by atoms with Crippen molar-refractivity contribution in [3.8, 4) is 11.5 Å². The fourth-order valence-corrected chi connectivity index (χ4v) is 3.04. The van der Waals surface area contributed by atoms with Crippen LogP contribution in [-0.4, -0.2) is 44.3 Å². The summed E-state index contributed by atoms with van der Waals surface area (Å²) in [4.78, 5) is 2.38. The number of morpholine rings is 1. The molecule has 1 fully saturated rings. The minimum Gasteiger partial charge on any atom is -0.454 e. The van der Waals surface area contributed by atoms with Crippen LogP contribution in [0.4, 0.5) is 11.4 Å². The van der Waals surface area contributed by atoms with Crippen LogP contribution in [0.25, 0.3) is 0 Å². The van der Waals surface area contributed by atoms with Crippen LogP contribution in [-0.2, 0) is 4.74 Å². The van der Waals surface area contributed by atoms with Crippen molar-refractivity contribution in [1.29, 1.82) is 0 Å². The highest BCUT2D eigenvalue weighted by molar-refractivity contribution is 9.10. The minimum atomic E-state index is 0.607. The lowest BCUT2D eigenvalue weighted by Gasteiger charge is -2.26. The molecule has 3 N–H and O–H groups in total. The van der Waals surface area contributed by atoms with Gasteiger partial charge in [-0.15, -0.1) is 0 Å². The summed E-state index contributed by atoms with van der Waals surface area (Å²) in [5.74, 6) is 1.40. The van der Waals surface area contributed by atoms with Crippen molar-refractivity contribution in [1.82, 2.24) is 4.90 Å². The molecule has 1 aliphatic rings. The van der Waals surface area contributed by atoms with Crippen molar-refractivity contribution >= 4 is 27.3 Å². The number of benzene rings is 2. The number of hydrogen-bond acceptors (Lipinski definition) is 5. The second-order valence-corrected chi connectivity index (χ2v) is 6.49. The van der Waals surface area contributed by atoms with Crippen LogP contribution in [0.15, 0.2) is 46.9 Å². The number of rotatable bonds is 6. The zero-order valence-electron chi connectivity index (χ0n) is 13.5. The second kappa shape index (κ2) is 8.37. The Hall–Kier alpha value is -1.76. The van der Waals surface area contributed by atoms with Crippen molar-refractivity contribution in [3.05, 3.63) is 46.9 Å². The van der Waals surface area contributed by atoms with Gasteiger partial charge >= 0.3 is 0 Å². The molecular weight excluding hydrogens is 370 g/mol. The van der Waals surface area contributed by atoms with Gasteiger partial charge in [0.25, 0.3) is 0 Å². The molecule has 0 aromatic heterocycles. The Balaban J connectivity index is 1.64. The van der Waals surface area contributed by atoms with Gasteiger partial charge in [-0.1, -0.05) is 18.2 Å². The van der Waals surface area contributed by atoms with E-state index in [1.807, 2.05) is 42.5 Å². The van der Waals surface area contributed by atoms with Gasteiger partial charge in [0.15, 0.2) is 5.75 Å². The summed E-state index contributed by atoms with van der Waals surface area (Å²) in [5, 5.41) is 3.41. The van der Waals surface area contributed by atoms with Crippen LogP contribution in [0.1, 0.15) is 0 Å². The van der Waals surface area contributed by atoms with Crippen LogP contribution in [0.3, 0.4) is 0 Å². The molecule has 0 aliphatic carbocycles. The summed E-state index contributed by atoms with van der Waals surface area (Å²) in [6, 6.07) is 13.6. The molecule has 128 valence electrons. The van der Waals surface area contributed by atoms with Gasteiger partial charge in [-0.2, -0.15) is 0 Å². The Morgan fingerprint density at radius 1 is 1.12 bits per heavy atom. The van der Waals surface area contributed by atoms with E-state index in [0.29, 0.717) is 11.4 Å². The van der Waals surface area contributed by atoms with E-state index in [4.69, 9.17) is 15.2 Å². The molecule has 0 amide bonds. The van der Waals surface area contributed by atoms with Gasteiger partial charge < -0.3 is 20.5 Å². The highest BCUT2D eigenvalue weighted by Gasteiger charge is 2.13. The summed E-state index contributed by atoms with van der Waals surface area (Å²) >= 11 is 3.51. The van der Waals surface area contributed by atoms with Gasteiger partial charge in [-0.05, 0) is 40.2 Å². The first kappa shape index (κ1) is 17.1. The Labute approximate surface area is 150 Å². The number of anilines is 2. The number of para-hydroxylation sites is 1. The van der Waals surface area contributed by atoms with Crippen LogP contribution in [0.5, 0.6) is 11.5 Å². The Morgan fingerprint density at radius 3 is 2.62 bits per heavy atom. The molecular formula is C18H22BrN3O2. The smallest absolute Gasteiger partial charge is 0.166 e. The quantitative estimate of drug-likeness (QED) is 0.737. The van der Waals surface area contributed by atoms with Crippen LogP contribution in [0, 0.1) is 0 Å². The number of ether oxygens (including phenoxy) is 2. The van der Waals surface area contributed by atoms with E-state index < -0.39 is 0 Å². The largest absolute Gasteiger partial charge is 0.454 e. The van der Waals surface area contributed by atoms with Gasteiger partial charge in [0.2, 0.25) is 0 Å². The summed E-state index contributed by atoms with van der Waals surface area (Å²) in [7, 11) is 0. The molecule has 0 unspecified atom stereocenters. The van der Waals surface area contributed by atoms with Crippen LogP contribution in [0.2, 0.25) is 0 Å². The highest BCUT2D eigenvalue weighted by Crippen LogP contribution is 2.39. The normalized spacial score (nSPS) is 15.2. The third kappa shape index (κ3) is 4.41. The number of nitrogens with one attached hydrogen (secondary N) is 1. The van der Waals surface area contributed by atoms with E-state index in [2.05, 4.69) is 26.1 Å². The summed E-state index contributed by atoms with van der Waals surface area (Å²) in [6.07, 6.45) is 0. The lowest BCUT2D eigenvalue weighted by molar-refractivity contribution is 0.0398. The van der Waals surface area contributed by atoms with Gasteiger partial charge in [-0.25, -0.2) is 0 Å². The lowest BCUT2D eigenvalue weighted by atomic mass is 10.2. The Kier molecular flexibility index (Phi) is 5.96. The number of nitrogens with zero attached hydrogens (tertiary/aromatic N) is 1. The molecule has 2 aromatic rings. The molecule has 0 bridgehead atoms. The predicted molar refractivity (Wildman–Crippen MR) is 101 cm³/mol. The van der Waals surface area contributed by atoms with Gasteiger partial charge in [0.05, 0.1) is 29.1 Å². The van der Waals surface area contributed by atoms with E-state index in [0.717, 1.165) is 55.3 Å². The molecule has 2 aromatic carbocycles.